The van der Waals surface area contributed by atoms with Crippen LogP contribution in [0.2, 0.25) is 0 Å². The van der Waals surface area contributed by atoms with E-state index in [0.29, 0.717) is 30.6 Å². The first-order valence-electron chi connectivity index (χ1n) is 9.59. The van der Waals surface area contributed by atoms with Crippen LogP contribution in [0.25, 0.3) is 0 Å². The van der Waals surface area contributed by atoms with Crippen LogP contribution in [0.15, 0.2) is 35.5 Å². The maximum absolute atomic E-state index is 13.1. The molecule has 0 aromatic carbocycles. The van der Waals surface area contributed by atoms with Gasteiger partial charge in [0.1, 0.15) is 5.82 Å². The van der Waals surface area contributed by atoms with E-state index in [2.05, 4.69) is 15.4 Å². The average molecular weight is 406 g/mol. The van der Waals surface area contributed by atoms with Crippen LogP contribution in [0.1, 0.15) is 18.5 Å². The molecule has 1 aliphatic heterocycles. The Morgan fingerprint density at radius 3 is 2.57 bits per heavy atom. The molecule has 0 amide bonds. The highest BCUT2D eigenvalue weighted by Crippen LogP contribution is 2.40. The highest BCUT2D eigenvalue weighted by atomic mass is 32.2. The molecule has 1 saturated heterocycles. The monoisotopic (exact) mass is 405 g/mol. The van der Waals surface area contributed by atoms with E-state index < -0.39 is 10.0 Å². The summed E-state index contributed by atoms with van der Waals surface area (Å²) in [6.07, 6.45) is 3.48. The molecule has 1 N–H and O–H groups in total. The minimum Gasteiger partial charge on any atom is -0.379 e. The molecule has 8 nitrogen and oxygen atoms in total. The third kappa shape index (κ3) is 3.54. The lowest BCUT2D eigenvalue weighted by atomic mass is 9.77. The molecular formula is C19H27N5O3S. The van der Waals surface area contributed by atoms with E-state index in [1.807, 2.05) is 18.2 Å². The van der Waals surface area contributed by atoms with Crippen LogP contribution < -0.4 is 5.32 Å². The van der Waals surface area contributed by atoms with E-state index in [9.17, 15) is 8.42 Å². The molecule has 0 spiro atoms. The zero-order valence-corrected chi connectivity index (χ0v) is 17.3. The largest absolute Gasteiger partial charge is 0.379 e. The number of methoxy groups -OCH3 is 1. The summed E-state index contributed by atoms with van der Waals surface area (Å²) >= 11 is 0. The number of nitrogens with zero attached hydrogens (tertiary/aromatic N) is 4. The van der Waals surface area contributed by atoms with Crippen molar-refractivity contribution >= 4 is 15.8 Å². The fourth-order valence-electron chi connectivity index (χ4n) is 4.58. The van der Waals surface area contributed by atoms with E-state index in [1.165, 1.54) is 4.68 Å². The molecule has 4 atom stereocenters. The van der Waals surface area contributed by atoms with Crippen LogP contribution in [0, 0.1) is 18.8 Å². The lowest BCUT2D eigenvalue weighted by molar-refractivity contribution is 0.0305. The predicted octanol–water partition coefficient (Wildman–Crippen LogP) is 1.65. The molecule has 2 aliphatic rings. The third-order valence-corrected chi connectivity index (χ3v) is 7.84. The van der Waals surface area contributed by atoms with Gasteiger partial charge in [-0.25, -0.2) is 13.4 Å². The molecule has 28 heavy (non-hydrogen) atoms. The Hall–Kier alpha value is -1.97. The number of aryl methyl sites for hydroxylation is 2. The molecule has 0 bridgehead atoms. The summed E-state index contributed by atoms with van der Waals surface area (Å²) in [5.41, 5.74) is 0.705. The summed E-state index contributed by atoms with van der Waals surface area (Å²) in [5.74, 6) is 1.42. The first-order valence-corrected chi connectivity index (χ1v) is 11.0. The minimum absolute atomic E-state index is 0.0323. The average Bonchev–Trinajstić information content (AvgIpc) is 3.24. The van der Waals surface area contributed by atoms with Crippen molar-refractivity contribution in [2.75, 3.05) is 25.5 Å². The Bertz CT molecular complexity index is 930. The smallest absolute Gasteiger partial charge is 0.260 e. The van der Waals surface area contributed by atoms with Gasteiger partial charge in [-0.1, -0.05) is 6.07 Å². The van der Waals surface area contributed by atoms with Gasteiger partial charge in [0, 0.05) is 33.4 Å². The number of hydrogen-bond acceptors (Lipinski definition) is 6. The van der Waals surface area contributed by atoms with E-state index >= 15 is 0 Å². The molecule has 2 fully saturated rings. The summed E-state index contributed by atoms with van der Waals surface area (Å²) in [4.78, 5) is 4.35. The zero-order chi connectivity index (χ0) is 19.9. The van der Waals surface area contributed by atoms with E-state index in [0.717, 1.165) is 18.7 Å². The highest BCUT2D eigenvalue weighted by molar-refractivity contribution is 7.89. The molecule has 2 aromatic rings. The summed E-state index contributed by atoms with van der Waals surface area (Å²) in [6, 6.07) is 7.52. The summed E-state index contributed by atoms with van der Waals surface area (Å²) in [6.45, 7) is 2.88. The number of nitrogens with one attached hydrogen (secondary N) is 1. The van der Waals surface area contributed by atoms with Gasteiger partial charge in [0.25, 0.3) is 10.0 Å². The molecule has 9 heteroatoms. The third-order valence-electron chi connectivity index (χ3n) is 5.95. The van der Waals surface area contributed by atoms with Crippen molar-refractivity contribution in [3.8, 4) is 0 Å². The standard InChI is InChI=1S/C19H27N5O3S/c1-13-8-19(23(2)22-13)28(25,26)24-11-14-9-16(17(27-3)10-15(14)12-24)21-18-6-4-5-7-20-18/h4-8,14-17H,9-12H2,1-3H3,(H,20,21)/t14-,15+,16-,17-/m1/s1. The topological polar surface area (TPSA) is 89.4 Å². The van der Waals surface area contributed by atoms with Crippen molar-refractivity contribution in [3.05, 3.63) is 36.2 Å². The number of pyridine rings is 1. The van der Waals surface area contributed by atoms with Crippen LogP contribution >= 0.6 is 0 Å². The van der Waals surface area contributed by atoms with Gasteiger partial charge in [0.05, 0.1) is 17.8 Å². The fourth-order valence-corrected chi connectivity index (χ4v) is 6.31. The molecule has 0 radical (unpaired) electrons. The zero-order valence-electron chi connectivity index (χ0n) is 16.4. The molecule has 2 aromatic heterocycles. The summed E-state index contributed by atoms with van der Waals surface area (Å²) in [5, 5.41) is 7.93. The molecule has 1 aliphatic carbocycles. The number of rotatable bonds is 5. The van der Waals surface area contributed by atoms with Crippen molar-refractivity contribution in [2.45, 2.75) is 36.9 Å². The minimum atomic E-state index is -3.55. The van der Waals surface area contributed by atoms with Gasteiger partial charge < -0.3 is 10.1 Å². The molecule has 152 valence electrons. The quantitative estimate of drug-likeness (QED) is 0.814. The lowest BCUT2D eigenvalue weighted by Gasteiger charge is -2.37. The molecule has 3 heterocycles. The second kappa shape index (κ2) is 7.46. The van der Waals surface area contributed by atoms with Gasteiger partial charge >= 0.3 is 0 Å². The Kier molecular flexibility index (Phi) is 5.15. The SMILES string of the molecule is CO[C@@H]1C[C@H]2CN(S(=O)(=O)c3cc(C)nn3C)C[C@H]2C[C@H]1Nc1ccccn1. The number of ether oxygens (including phenoxy) is 1. The maximum atomic E-state index is 13.1. The first kappa shape index (κ1) is 19.4. The van der Waals surface area contributed by atoms with Gasteiger partial charge in [0.2, 0.25) is 0 Å². The Balaban J connectivity index is 1.51. The van der Waals surface area contributed by atoms with Crippen LogP contribution in [-0.2, 0) is 21.8 Å². The molecule has 0 unspecified atom stereocenters. The maximum Gasteiger partial charge on any atom is 0.260 e. The number of aromatic nitrogens is 3. The van der Waals surface area contributed by atoms with Gasteiger partial charge in [-0.3, -0.25) is 4.68 Å². The Morgan fingerprint density at radius 1 is 1.21 bits per heavy atom. The lowest BCUT2D eigenvalue weighted by Crippen LogP contribution is -2.44. The predicted molar refractivity (Wildman–Crippen MR) is 105 cm³/mol. The van der Waals surface area contributed by atoms with Gasteiger partial charge in [-0.05, 0) is 49.8 Å². The Morgan fingerprint density at radius 2 is 1.96 bits per heavy atom. The van der Waals surface area contributed by atoms with Gasteiger partial charge in [-0.15, -0.1) is 0 Å². The highest BCUT2D eigenvalue weighted by Gasteiger charge is 2.46. The van der Waals surface area contributed by atoms with Crippen LogP contribution in [-0.4, -0.2) is 59.8 Å². The van der Waals surface area contributed by atoms with Crippen LogP contribution in [0.5, 0.6) is 0 Å². The Labute approximate surface area is 166 Å². The van der Waals surface area contributed by atoms with Crippen molar-refractivity contribution in [1.82, 2.24) is 19.1 Å². The van der Waals surface area contributed by atoms with E-state index in [4.69, 9.17) is 4.74 Å². The van der Waals surface area contributed by atoms with Crippen LogP contribution in [0.3, 0.4) is 0 Å². The molecule has 4 rings (SSSR count). The second-order valence-electron chi connectivity index (χ2n) is 7.80. The molecule has 1 saturated carbocycles. The summed E-state index contributed by atoms with van der Waals surface area (Å²) in [7, 11) is -0.148. The van der Waals surface area contributed by atoms with Gasteiger partial charge in [0.15, 0.2) is 5.03 Å². The van der Waals surface area contributed by atoms with E-state index in [-0.39, 0.29) is 17.2 Å². The summed E-state index contributed by atoms with van der Waals surface area (Å²) < 4.78 is 35.1. The van der Waals surface area contributed by atoms with E-state index in [1.54, 1.807) is 37.6 Å². The van der Waals surface area contributed by atoms with Crippen molar-refractivity contribution in [3.63, 3.8) is 0 Å². The van der Waals surface area contributed by atoms with Crippen molar-refractivity contribution in [2.24, 2.45) is 18.9 Å². The van der Waals surface area contributed by atoms with Gasteiger partial charge in [-0.2, -0.15) is 9.40 Å². The number of sulfonamides is 1. The number of hydrogen-bond donors (Lipinski definition) is 1. The fraction of sp³-hybridized carbons (Fsp3) is 0.579. The van der Waals surface area contributed by atoms with Crippen molar-refractivity contribution < 1.29 is 13.2 Å². The number of anilines is 1. The molecular weight excluding hydrogens is 378 g/mol. The van der Waals surface area contributed by atoms with Crippen LogP contribution in [0.4, 0.5) is 5.82 Å². The second-order valence-corrected chi connectivity index (χ2v) is 9.69. The first-order chi connectivity index (χ1) is 13.4. The number of fused-ring (bicyclic) bond motifs is 1. The van der Waals surface area contributed by atoms with Crippen molar-refractivity contribution in [1.29, 1.82) is 0 Å². The normalized spacial score (nSPS) is 28.2.